The molecular weight excluding hydrogens is 343 g/mol. The number of ether oxygens (including phenoxy) is 1. The van der Waals surface area contributed by atoms with Gasteiger partial charge in [0, 0.05) is 25.2 Å². The highest BCUT2D eigenvalue weighted by atomic mass is 35.5. The Kier molecular flexibility index (Phi) is 6.83. The Labute approximate surface area is 155 Å². The van der Waals surface area contributed by atoms with Crippen LogP contribution in [0.5, 0.6) is 0 Å². The molecule has 0 atom stereocenters. The highest BCUT2D eigenvalue weighted by Crippen LogP contribution is 2.39. The van der Waals surface area contributed by atoms with Crippen LogP contribution in [-0.2, 0) is 14.9 Å². The van der Waals surface area contributed by atoms with E-state index in [1.807, 2.05) is 12.1 Å². The second-order valence-corrected chi connectivity index (χ2v) is 7.30. The zero-order valence-corrected chi connectivity index (χ0v) is 15.4. The molecule has 1 heterocycles. The van der Waals surface area contributed by atoms with Gasteiger partial charge in [0.1, 0.15) is 5.82 Å². The third-order valence-electron chi connectivity index (χ3n) is 5.69. The van der Waals surface area contributed by atoms with Gasteiger partial charge in [0.05, 0.1) is 5.54 Å². The maximum Gasteiger partial charge on any atom is 0.240 e. The zero-order valence-electron chi connectivity index (χ0n) is 14.6. The third kappa shape index (κ3) is 4.52. The number of benzene rings is 1. The number of carbonyl (C=O) groups is 1. The normalized spacial score (nSPS) is 21.8. The minimum atomic E-state index is -0.823. The minimum Gasteiger partial charge on any atom is -0.381 e. The Balaban J connectivity index is 0.00000225. The van der Waals surface area contributed by atoms with Gasteiger partial charge in [-0.05, 0) is 43.4 Å². The minimum absolute atomic E-state index is 0. The predicted octanol–water partition coefficient (Wildman–Crippen LogP) is 3.07. The quantitative estimate of drug-likeness (QED) is 0.856. The summed E-state index contributed by atoms with van der Waals surface area (Å²) in [4.78, 5) is 12.6. The second kappa shape index (κ2) is 8.47. The molecule has 6 heteroatoms. The molecule has 0 spiro atoms. The van der Waals surface area contributed by atoms with Crippen LogP contribution in [0.3, 0.4) is 0 Å². The van der Waals surface area contributed by atoms with E-state index in [0.29, 0.717) is 32.6 Å². The molecule has 25 heavy (non-hydrogen) atoms. The largest absolute Gasteiger partial charge is 0.381 e. The molecule has 3 N–H and O–H groups in total. The van der Waals surface area contributed by atoms with Crippen LogP contribution in [0.1, 0.15) is 50.5 Å². The van der Waals surface area contributed by atoms with E-state index in [-0.39, 0.29) is 29.5 Å². The fraction of sp³-hybridized carbons (Fsp3) is 0.632. The first-order valence-electron chi connectivity index (χ1n) is 8.95. The van der Waals surface area contributed by atoms with Crippen LogP contribution in [0.4, 0.5) is 4.39 Å². The van der Waals surface area contributed by atoms with E-state index in [1.165, 1.54) is 18.6 Å². The van der Waals surface area contributed by atoms with Crippen LogP contribution in [0.2, 0.25) is 0 Å². The van der Waals surface area contributed by atoms with Gasteiger partial charge in [-0.1, -0.05) is 31.4 Å². The summed E-state index contributed by atoms with van der Waals surface area (Å²) in [5, 5.41) is 3.10. The predicted molar refractivity (Wildman–Crippen MR) is 98.4 cm³/mol. The maximum atomic E-state index is 13.3. The Hall–Kier alpha value is -1.17. The average molecular weight is 371 g/mol. The highest BCUT2D eigenvalue weighted by molar-refractivity contribution is 5.86. The smallest absolute Gasteiger partial charge is 0.240 e. The fourth-order valence-electron chi connectivity index (χ4n) is 3.99. The summed E-state index contributed by atoms with van der Waals surface area (Å²) in [6.07, 6.45) is 6.63. The van der Waals surface area contributed by atoms with E-state index < -0.39 is 5.54 Å². The van der Waals surface area contributed by atoms with Crippen molar-refractivity contribution in [3.05, 3.63) is 35.6 Å². The molecule has 1 aromatic rings. The number of hydrogen-bond donors (Lipinski definition) is 2. The monoisotopic (exact) mass is 370 g/mol. The van der Waals surface area contributed by atoms with Crippen molar-refractivity contribution in [3.8, 4) is 0 Å². The lowest BCUT2D eigenvalue weighted by atomic mass is 9.69. The number of nitrogens with one attached hydrogen (secondary N) is 1. The Bertz CT molecular complexity index is 567. The summed E-state index contributed by atoms with van der Waals surface area (Å²) in [7, 11) is 0. The van der Waals surface area contributed by atoms with Crippen LogP contribution < -0.4 is 11.1 Å². The van der Waals surface area contributed by atoms with Crippen molar-refractivity contribution in [2.24, 2.45) is 5.73 Å². The molecule has 1 saturated heterocycles. The molecule has 1 saturated carbocycles. The van der Waals surface area contributed by atoms with Gasteiger partial charge in [-0.3, -0.25) is 4.79 Å². The van der Waals surface area contributed by atoms with E-state index in [4.69, 9.17) is 10.5 Å². The molecule has 0 radical (unpaired) electrons. The van der Waals surface area contributed by atoms with Crippen molar-refractivity contribution in [1.29, 1.82) is 0 Å². The summed E-state index contributed by atoms with van der Waals surface area (Å²) >= 11 is 0. The van der Waals surface area contributed by atoms with Gasteiger partial charge in [0.2, 0.25) is 5.91 Å². The molecular formula is C19H28ClFN2O2. The number of hydrogen-bond acceptors (Lipinski definition) is 3. The Morgan fingerprint density at radius 3 is 2.28 bits per heavy atom. The van der Waals surface area contributed by atoms with Gasteiger partial charge < -0.3 is 15.8 Å². The first-order chi connectivity index (χ1) is 11.5. The van der Waals surface area contributed by atoms with Gasteiger partial charge in [0.15, 0.2) is 0 Å². The molecule has 3 rings (SSSR count). The van der Waals surface area contributed by atoms with E-state index >= 15 is 0 Å². The van der Waals surface area contributed by atoms with Crippen LogP contribution in [0.15, 0.2) is 24.3 Å². The van der Waals surface area contributed by atoms with Crippen molar-refractivity contribution in [2.75, 3.05) is 19.8 Å². The molecule has 1 aliphatic heterocycles. The van der Waals surface area contributed by atoms with E-state index in [9.17, 15) is 9.18 Å². The Morgan fingerprint density at radius 1 is 1.08 bits per heavy atom. The topological polar surface area (TPSA) is 64.4 Å². The summed E-state index contributed by atoms with van der Waals surface area (Å²) in [5.41, 5.74) is 6.46. The Morgan fingerprint density at radius 2 is 1.68 bits per heavy atom. The molecule has 0 aromatic heterocycles. The van der Waals surface area contributed by atoms with Gasteiger partial charge in [-0.25, -0.2) is 4.39 Å². The lowest BCUT2D eigenvalue weighted by Crippen LogP contribution is -2.58. The van der Waals surface area contributed by atoms with Gasteiger partial charge in [0.25, 0.3) is 0 Å². The van der Waals surface area contributed by atoms with E-state index in [1.54, 1.807) is 0 Å². The summed E-state index contributed by atoms with van der Waals surface area (Å²) < 4.78 is 18.6. The van der Waals surface area contributed by atoms with Crippen molar-refractivity contribution in [3.63, 3.8) is 0 Å². The summed E-state index contributed by atoms with van der Waals surface area (Å²) in [6, 6.07) is 6.74. The van der Waals surface area contributed by atoms with E-state index in [0.717, 1.165) is 31.2 Å². The summed E-state index contributed by atoms with van der Waals surface area (Å²) in [5.74, 6) is -0.310. The number of carbonyl (C=O) groups excluding carboxylic acids is 1. The molecule has 2 fully saturated rings. The van der Waals surface area contributed by atoms with Crippen LogP contribution in [0.25, 0.3) is 0 Å². The SMILES string of the molecule is Cl.NC1(C(=O)NCC2(c3ccc(F)cc3)CCCCC2)CCOCC1. The first-order valence-corrected chi connectivity index (χ1v) is 8.95. The van der Waals surface area contributed by atoms with Crippen LogP contribution in [0, 0.1) is 5.82 Å². The first kappa shape index (κ1) is 20.1. The maximum absolute atomic E-state index is 13.3. The molecule has 1 aliphatic carbocycles. The number of halogens is 2. The van der Waals surface area contributed by atoms with Crippen LogP contribution >= 0.6 is 12.4 Å². The van der Waals surface area contributed by atoms with Crippen molar-refractivity contribution in [2.45, 2.75) is 55.9 Å². The molecule has 0 unspecified atom stereocenters. The van der Waals surface area contributed by atoms with Gasteiger partial charge >= 0.3 is 0 Å². The molecule has 140 valence electrons. The second-order valence-electron chi connectivity index (χ2n) is 7.30. The van der Waals surface area contributed by atoms with Crippen molar-refractivity contribution < 1.29 is 13.9 Å². The number of amides is 1. The lowest BCUT2D eigenvalue weighted by molar-refractivity contribution is -0.130. The molecule has 1 amide bonds. The molecule has 4 nitrogen and oxygen atoms in total. The fourth-order valence-corrected chi connectivity index (χ4v) is 3.99. The van der Waals surface area contributed by atoms with Crippen molar-refractivity contribution >= 4 is 18.3 Å². The lowest BCUT2D eigenvalue weighted by Gasteiger charge is -2.39. The number of nitrogens with two attached hydrogens (primary N) is 1. The molecule has 1 aromatic carbocycles. The average Bonchev–Trinajstić information content (AvgIpc) is 2.61. The highest BCUT2D eigenvalue weighted by Gasteiger charge is 2.39. The summed E-state index contributed by atoms with van der Waals surface area (Å²) in [6.45, 7) is 1.64. The van der Waals surface area contributed by atoms with Crippen LogP contribution in [-0.4, -0.2) is 31.2 Å². The zero-order chi connectivity index (χ0) is 17.0. The molecule has 2 aliphatic rings. The van der Waals surface area contributed by atoms with E-state index in [2.05, 4.69) is 5.32 Å². The molecule has 0 bridgehead atoms. The van der Waals surface area contributed by atoms with Gasteiger partial charge in [-0.2, -0.15) is 0 Å². The van der Waals surface area contributed by atoms with Gasteiger partial charge in [-0.15, -0.1) is 12.4 Å². The number of rotatable bonds is 4. The third-order valence-corrected chi connectivity index (χ3v) is 5.69. The van der Waals surface area contributed by atoms with Crippen molar-refractivity contribution in [1.82, 2.24) is 5.32 Å². The standard InChI is InChI=1S/C19H27FN2O2.ClH/c20-16-6-4-15(5-7-16)18(8-2-1-3-9-18)14-22-17(23)19(21)10-12-24-13-11-19;/h4-7H,1-3,8-14,21H2,(H,22,23);1H.